The number of aromatic amines is 1. The number of carbonyl (C=O) groups is 1. The maximum absolute atomic E-state index is 11.9. The largest absolute Gasteiger partial charge is 0.451 e. The predicted octanol–water partition coefficient (Wildman–Crippen LogP) is 2.09. The quantitative estimate of drug-likeness (QED) is 0.737. The highest BCUT2D eigenvalue weighted by atomic mass is 16.3. The van der Waals surface area contributed by atoms with E-state index >= 15 is 0 Å². The first-order chi connectivity index (χ1) is 8.83. The molecular formula is C13H11N3O2. The molecule has 5 nitrogen and oxygen atoms in total. The van der Waals surface area contributed by atoms with Gasteiger partial charge in [-0.15, -0.1) is 0 Å². The summed E-state index contributed by atoms with van der Waals surface area (Å²) in [5, 5.41) is 3.68. The van der Waals surface area contributed by atoms with Crippen molar-refractivity contribution in [1.82, 2.24) is 15.3 Å². The Labute approximate surface area is 103 Å². The fourth-order valence-corrected chi connectivity index (χ4v) is 1.74. The van der Waals surface area contributed by atoms with E-state index in [1.807, 2.05) is 24.3 Å². The summed E-state index contributed by atoms with van der Waals surface area (Å²) in [5.74, 6) is 0.0801. The van der Waals surface area contributed by atoms with Crippen LogP contribution in [0.5, 0.6) is 0 Å². The molecule has 0 fully saturated rings. The SMILES string of the molecule is O=C(NCc1cnc[nH]1)c1cc2ccccc2o1. The second-order valence-corrected chi connectivity index (χ2v) is 3.91. The minimum atomic E-state index is -0.235. The first kappa shape index (κ1) is 10.6. The lowest BCUT2D eigenvalue weighted by Crippen LogP contribution is -2.22. The van der Waals surface area contributed by atoms with Gasteiger partial charge in [0, 0.05) is 11.6 Å². The first-order valence-corrected chi connectivity index (χ1v) is 5.57. The molecule has 0 aliphatic heterocycles. The van der Waals surface area contributed by atoms with Crippen LogP contribution in [0.3, 0.4) is 0 Å². The number of H-pyrrole nitrogens is 1. The number of fused-ring (bicyclic) bond motifs is 1. The lowest BCUT2D eigenvalue weighted by molar-refractivity contribution is 0.0925. The van der Waals surface area contributed by atoms with Gasteiger partial charge < -0.3 is 14.7 Å². The zero-order valence-electron chi connectivity index (χ0n) is 9.51. The zero-order valence-corrected chi connectivity index (χ0v) is 9.51. The molecule has 0 bridgehead atoms. The highest BCUT2D eigenvalue weighted by Gasteiger charge is 2.11. The van der Waals surface area contributed by atoms with Gasteiger partial charge in [-0.1, -0.05) is 18.2 Å². The average Bonchev–Trinajstić information content (AvgIpc) is 3.04. The van der Waals surface area contributed by atoms with Crippen LogP contribution in [-0.4, -0.2) is 15.9 Å². The molecule has 1 amide bonds. The van der Waals surface area contributed by atoms with Crippen LogP contribution < -0.4 is 5.32 Å². The molecule has 2 aromatic heterocycles. The minimum absolute atomic E-state index is 0.235. The lowest BCUT2D eigenvalue weighted by atomic mass is 10.2. The third-order valence-corrected chi connectivity index (χ3v) is 2.64. The summed E-state index contributed by atoms with van der Waals surface area (Å²) < 4.78 is 5.46. The molecule has 90 valence electrons. The van der Waals surface area contributed by atoms with Crippen LogP contribution in [0.15, 0.2) is 47.3 Å². The Kier molecular flexibility index (Phi) is 2.57. The Morgan fingerprint density at radius 1 is 1.39 bits per heavy atom. The van der Waals surface area contributed by atoms with Crippen molar-refractivity contribution in [3.05, 3.63) is 54.3 Å². The fourth-order valence-electron chi connectivity index (χ4n) is 1.74. The lowest BCUT2D eigenvalue weighted by Gasteiger charge is -1.99. The number of aromatic nitrogens is 2. The smallest absolute Gasteiger partial charge is 0.287 e. The highest BCUT2D eigenvalue weighted by Crippen LogP contribution is 2.18. The van der Waals surface area contributed by atoms with Crippen molar-refractivity contribution in [3.8, 4) is 0 Å². The van der Waals surface area contributed by atoms with E-state index < -0.39 is 0 Å². The number of carbonyl (C=O) groups excluding carboxylic acids is 1. The number of furan rings is 1. The van der Waals surface area contributed by atoms with Gasteiger partial charge in [0.25, 0.3) is 5.91 Å². The molecule has 0 aliphatic carbocycles. The molecule has 5 heteroatoms. The molecule has 2 heterocycles. The topological polar surface area (TPSA) is 70.9 Å². The van der Waals surface area contributed by atoms with Crippen LogP contribution in [0.1, 0.15) is 16.2 Å². The molecule has 3 aromatic rings. The summed E-state index contributed by atoms with van der Waals surface area (Å²) in [6.45, 7) is 0.399. The van der Waals surface area contributed by atoms with Gasteiger partial charge in [-0.2, -0.15) is 0 Å². The number of hydrogen-bond donors (Lipinski definition) is 2. The van der Waals surface area contributed by atoms with E-state index in [0.29, 0.717) is 17.9 Å². The van der Waals surface area contributed by atoms with E-state index in [1.165, 1.54) is 0 Å². The Bertz CT molecular complexity index is 637. The Morgan fingerprint density at radius 2 is 2.28 bits per heavy atom. The zero-order chi connectivity index (χ0) is 12.4. The van der Waals surface area contributed by atoms with E-state index in [9.17, 15) is 4.79 Å². The van der Waals surface area contributed by atoms with Crippen molar-refractivity contribution in [2.45, 2.75) is 6.54 Å². The van der Waals surface area contributed by atoms with Crippen molar-refractivity contribution >= 4 is 16.9 Å². The molecule has 0 saturated carbocycles. The molecule has 0 unspecified atom stereocenters. The summed E-state index contributed by atoms with van der Waals surface area (Å²) in [6, 6.07) is 9.26. The number of rotatable bonds is 3. The fraction of sp³-hybridized carbons (Fsp3) is 0.0769. The molecule has 1 aromatic carbocycles. The van der Waals surface area contributed by atoms with Crippen LogP contribution in [0.2, 0.25) is 0 Å². The van der Waals surface area contributed by atoms with E-state index in [2.05, 4.69) is 15.3 Å². The van der Waals surface area contributed by atoms with Crippen molar-refractivity contribution in [3.63, 3.8) is 0 Å². The maximum atomic E-state index is 11.9. The van der Waals surface area contributed by atoms with Gasteiger partial charge in [0.05, 0.1) is 18.6 Å². The van der Waals surface area contributed by atoms with Gasteiger partial charge >= 0.3 is 0 Å². The number of benzene rings is 1. The highest BCUT2D eigenvalue weighted by molar-refractivity contribution is 5.95. The second-order valence-electron chi connectivity index (χ2n) is 3.91. The molecular weight excluding hydrogens is 230 g/mol. The average molecular weight is 241 g/mol. The number of nitrogens with zero attached hydrogens (tertiary/aromatic N) is 1. The molecule has 2 N–H and O–H groups in total. The Morgan fingerprint density at radius 3 is 3.06 bits per heavy atom. The van der Waals surface area contributed by atoms with E-state index in [0.717, 1.165) is 11.1 Å². The second kappa shape index (κ2) is 4.37. The van der Waals surface area contributed by atoms with Gasteiger partial charge in [0.2, 0.25) is 0 Å². The number of imidazole rings is 1. The summed E-state index contributed by atoms with van der Waals surface area (Å²) in [7, 11) is 0. The van der Waals surface area contributed by atoms with E-state index in [1.54, 1.807) is 18.6 Å². The van der Waals surface area contributed by atoms with Gasteiger partial charge in [0.15, 0.2) is 5.76 Å². The van der Waals surface area contributed by atoms with E-state index in [4.69, 9.17) is 4.42 Å². The molecule has 0 atom stereocenters. The summed E-state index contributed by atoms with van der Waals surface area (Å²) in [4.78, 5) is 18.7. The predicted molar refractivity (Wildman–Crippen MR) is 66.0 cm³/mol. The van der Waals surface area contributed by atoms with Crippen molar-refractivity contribution < 1.29 is 9.21 Å². The monoisotopic (exact) mass is 241 g/mol. The van der Waals surface area contributed by atoms with Crippen LogP contribution in [0.4, 0.5) is 0 Å². The van der Waals surface area contributed by atoms with Crippen LogP contribution >= 0.6 is 0 Å². The molecule has 18 heavy (non-hydrogen) atoms. The van der Waals surface area contributed by atoms with Gasteiger partial charge in [0.1, 0.15) is 5.58 Å². The van der Waals surface area contributed by atoms with Crippen LogP contribution in [0, 0.1) is 0 Å². The van der Waals surface area contributed by atoms with Gasteiger partial charge in [-0.25, -0.2) is 4.98 Å². The molecule has 0 radical (unpaired) electrons. The van der Waals surface area contributed by atoms with Crippen molar-refractivity contribution in [2.24, 2.45) is 0 Å². The molecule has 0 spiro atoms. The Hall–Kier alpha value is -2.56. The summed E-state index contributed by atoms with van der Waals surface area (Å²) >= 11 is 0. The summed E-state index contributed by atoms with van der Waals surface area (Å²) in [5.41, 5.74) is 1.56. The van der Waals surface area contributed by atoms with Crippen molar-refractivity contribution in [2.75, 3.05) is 0 Å². The van der Waals surface area contributed by atoms with Crippen molar-refractivity contribution in [1.29, 1.82) is 0 Å². The van der Waals surface area contributed by atoms with E-state index in [-0.39, 0.29) is 5.91 Å². The Balaban J connectivity index is 1.75. The van der Waals surface area contributed by atoms with Crippen LogP contribution in [-0.2, 0) is 6.54 Å². The molecule has 0 aliphatic rings. The first-order valence-electron chi connectivity index (χ1n) is 5.57. The third-order valence-electron chi connectivity index (χ3n) is 2.64. The number of amides is 1. The third kappa shape index (κ3) is 1.98. The standard InChI is InChI=1S/C13H11N3O2/c17-13(15-7-10-6-14-8-16-10)12-5-9-3-1-2-4-11(9)18-12/h1-6,8H,7H2,(H,14,16)(H,15,17). The molecule has 3 rings (SSSR count). The maximum Gasteiger partial charge on any atom is 0.287 e. The summed E-state index contributed by atoms with van der Waals surface area (Å²) in [6.07, 6.45) is 3.24. The van der Waals surface area contributed by atoms with Crippen LogP contribution in [0.25, 0.3) is 11.0 Å². The normalized spacial score (nSPS) is 10.7. The number of hydrogen-bond acceptors (Lipinski definition) is 3. The number of nitrogens with one attached hydrogen (secondary N) is 2. The van der Waals surface area contributed by atoms with Gasteiger partial charge in [-0.3, -0.25) is 4.79 Å². The molecule has 0 saturated heterocycles. The minimum Gasteiger partial charge on any atom is -0.451 e. The number of para-hydroxylation sites is 1. The van der Waals surface area contributed by atoms with Gasteiger partial charge in [-0.05, 0) is 12.1 Å².